The standard InChI is InChI=1S/C64H121O11P/c1-4-7-10-13-16-19-22-24-26-28-30-32-34-36-39-41-44-47-50-53-62(66)71-57-61(75-64(68)55-52-49-46-43-40-37-35-33-31-29-27-25-23-20-17-14-11-8-5-2)59-73-76(69,70)72-58-60(56-65)74-63(67)54-51-48-45-42-38-21-18-15-12-9-6-3/h15,18,25,27,60-61,65H,4-14,16-17,19-24,26,28-59H2,1-3H3,(H,69,70)/b18-15-,27-25-. The summed E-state index contributed by atoms with van der Waals surface area (Å²) in [6.07, 6.45) is 61.4. The van der Waals surface area contributed by atoms with Gasteiger partial charge in [0.05, 0.1) is 19.8 Å². The molecule has 0 spiro atoms. The summed E-state index contributed by atoms with van der Waals surface area (Å²) in [4.78, 5) is 48.7. The molecular formula is C64H121O11P. The van der Waals surface area contributed by atoms with Crippen molar-refractivity contribution in [3.63, 3.8) is 0 Å². The van der Waals surface area contributed by atoms with Gasteiger partial charge in [0.15, 0.2) is 6.10 Å². The fourth-order valence-electron chi connectivity index (χ4n) is 9.39. The van der Waals surface area contributed by atoms with Gasteiger partial charge in [-0.15, -0.1) is 0 Å². The average molecular weight is 1100 g/mol. The van der Waals surface area contributed by atoms with Crippen molar-refractivity contribution in [2.45, 2.75) is 341 Å². The predicted molar refractivity (Wildman–Crippen MR) is 316 cm³/mol. The second kappa shape index (κ2) is 59.1. The molecule has 0 saturated heterocycles. The highest BCUT2D eigenvalue weighted by Gasteiger charge is 2.28. The van der Waals surface area contributed by atoms with Crippen molar-refractivity contribution in [1.29, 1.82) is 0 Å². The van der Waals surface area contributed by atoms with Gasteiger partial charge in [-0.3, -0.25) is 23.4 Å². The van der Waals surface area contributed by atoms with Crippen molar-refractivity contribution in [3.8, 4) is 0 Å². The van der Waals surface area contributed by atoms with Crippen molar-refractivity contribution in [2.75, 3.05) is 26.4 Å². The zero-order chi connectivity index (χ0) is 55.5. The van der Waals surface area contributed by atoms with Crippen LogP contribution in [0.15, 0.2) is 24.3 Å². The molecule has 12 heteroatoms. The zero-order valence-corrected chi connectivity index (χ0v) is 50.6. The molecule has 0 heterocycles. The van der Waals surface area contributed by atoms with Gasteiger partial charge in [-0.1, -0.05) is 270 Å². The Hall–Kier alpha value is -2.04. The number of rotatable bonds is 61. The predicted octanol–water partition coefficient (Wildman–Crippen LogP) is 19.4. The molecule has 0 amide bonds. The van der Waals surface area contributed by atoms with E-state index in [0.717, 1.165) is 77.0 Å². The van der Waals surface area contributed by atoms with E-state index in [1.165, 1.54) is 193 Å². The molecule has 0 aliphatic carbocycles. The first-order valence-electron chi connectivity index (χ1n) is 32.2. The van der Waals surface area contributed by atoms with Gasteiger partial charge in [0.2, 0.25) is 0 Å². The molecule has 0 aromatic heterocycles. The number of phosphoric acid groups is 1. The van der Waals surface area contributed by atoms with Crippen LogP contribution in [0.3, 0.4) is 0 Å². The SMILES string of the molecule is CCCC/C=C\CCCCCCCC(=O)OC(CO)COP(=O)(O)OCC(COC(=O)CCCCCCCCCCCCCCCCCCCCC)OC(=O)CCCCCCCCCCC/C=C\CCCCCCCC. The van der Waals surface area contributed by atoms with Crippen LogP contribution in [0.1, 0.15) is 329 Å². The number of esters is 3. The number of ether oxygens (including phenoxy) is 3. The minimum atomic E-state index is -4.75. The van der Waals surface area contributed by atoms with E-state index in [1.54, 1.807) is 0 Å². The van der Waals surface area contributed by atoms with E-state index in [2.05, 4.69) is 45.1 Å². The van der Waals surface area contributed by atoms with Crippen LogP contribution in [-0.4, -0.2) is 66.5 Å². The third-order valence-corrected chi connectivity index (χ3v) is 15.3. The minimum Gasteiger partial charge on any atom is -0.462 e. The molecule has 0 bridgehead atoms. The first-order chi connectivity index (χ1) is 37.2. The summed E-state index contributed by atoms with van der Waals surface area (Å²) < 4.78 is 39.6. The van der Waals surface area contributed by atoms with Crippen molar-refractivity contribution < 1.29 is 52.2 Å². The van der Waals surface area contributed by atoms with Crippen LogP contribution in [0.4, 0.5) is 0 Å². The van der Waals surface area contributed by atoms with E-state index in [4.69, 9.17) is 23.3 Å². The topological polar surface area (TPSA) is 155 Å². The van der Waals surface area contributed by atoms with E-state index in [1.807, 2.05) is 0 Å². The third-order valence-electron chi connectivity index (χ3n) is 14.3. The lowest BCUT2D eigenvalue weighted by atomic mass is 10.0. The molecule has 76 heavy (non-hydrogen) atoms. The third kappa shape index (κ3) is 56.7. The molecule has 0 saturated carbocycles. The van der Waals surface area contributed by atoms with Gasteiger partial charge in [0, 0.05) is 19.3 Å². The van der Waals surface area contributed by atoms with Crippen molar-refractivity contribution >= 4 is 25.7 Å². The van der Waals surface area contributed by atoms with Crippen LogP contribution in [0.2, 0.25) is 0 Å². The number of carbonyl (C=O) groups is 3. The number of carbonyl (C=O) groups excluding carboxylic acids is 3. The molecule has 448 valence electrons. The van der Waals surface area contributed by atoms with Crippen LogP contribution in [0, 0.1) is 0 Å². The lowest BCUT2D eigenvalue weighted by Crippen LogP contribution is -2.30. The molecular weight excluding hydrogens is 976 g/mol. The van der Waals surface area contributed by atoms with Crippen molar-refractivity contribution in [3.05, 3.63) is 24.3 Å². The molecule has 11 nitrogen and oxygen atoms in total. The average Bonchev–Trinajstić information content (AvgIpc) is 3.41. The summed E-state index contributed by atoms with van der Waals surface area (Å²) in [5.74, 6) is -1.45. The van der Waals surface area contributed by atoms with E-state index in [-0.39, 0.29) is 25.9 Å². The molecule has 0 fully saturated rings. The summed E-state index contributed by atoms with van der Waals surface area (Å²) in [6.45, 7) is 4.66. The Labute approximate surface area is 468 Å². The highest BCUT2D eigenvalue weighted by Crippen LogP contribution is 2.43. The summed E-state index contributed by atoms with van der Waals surface area (Å²) in [7, 11) is -4.75. The first kappa shape index (κ1) is 74.0. The number of phosphoric ester groups is 1. The van der Waals surface area contributed by atoms with Gasteiger partial charge >= 0.3 is 25.7 Å². The maximum Gasteiger partial charge on any atom is 0.472 e. The first-order valence-corrected chi connectivity index (χ1v) is 33.7. The van der Waals surface area contributed by atoms with Gasteiger partial charge in [-0.25, -0.2) is 4.57 Å². The van der Waals surface area contributed by atoms with Crippen molar-refractivity contribution in [2.24, 2.45) is 0 Å². The fourth-order valence-corrected chi connectivity index (χ4v) is 10.2. The number of unbranched alkanes of at least 4 members (excludes halogenated alkanes) is 40. The Morgan fingerprint density at radius 3 is 0.947 bits per heavy atom. The number of aliphatic hydroxyl groups excluding tert-OH is 1. The lowest BCUT2D eigenvalue weighted by molar-refractivity contribution is -0.161. The molecule has 3 unspecified atom stereocenters. The molecule has 0 aliphatic heterocycles. The minimum absolute atomic E-state index is 0.170. The van der Waals surface area contributed by atoms with Crippen LogP contribution in [-0.2, 0) is 42.2 Å². The highest BCUT2D eigenvalue weighted by atomic mass is 31.2. The lowest BCUT2D eigenvalue weighted by Gasteiger charge is -2.21. The molecule has 0 aromatic rings. The van der Waals surface area contributed by atoms with E-state index < -0.39 is 57.8 Å². The van der Waals surface area contributed by atoms with Gasteiger partial charge in [0.25, 0.3) is 0 Å². The van der Waals surface area contributed by atoms with Crippen molar-refractivity contribution in [1.82, 2.24) is 0 Å². The maximum atomic E-state index is 13.0. The number of allylic oxidation sites excluding steroid dienone is 4. The normalized spacial score (nSPS) is 13.4. The smallest absolute Gasteiger partial charge is 0.462 e. The number of hydrogen-bond acceptors (Lipinski definition) is 10. The number of aliphatic hydroxyl groups is 1. The Morgan fingerprint density at radius 2 is 0.618 bits per heavy atom. The molecule has 0 radical (unpaired) electrons. The monoisotopic (exact) mass is 1100 g/mol. The van der Waals surface area contributed by atoms with E-state index in [9.17, 15) is 28.9 Å². The highest BCUT2D eigenvalue weighted by molar-refractivity contribution is 7.47. The molecule has 0 aliphatic rings. The van der Waals surface area contributed by atoms with Crippen LogP contribution >= 0.6 is 7.82 Å². The Kier molecular flexibility index (Phi) is 57.5. The van der Waals surface area contributed by atoms with Crippen LogP contribution < -0.4 is 0 Å². The summed E-state index contributed by atoms with van der Waals surface area (Å²) in [6, 6.07) is 0. The Balaban J connectivity index is 4.64. The quantitative estimate of drug-likeness (QED) is 0.0197. The molecule has 3 atom stereocenters. The zero-order valence-electron chi connectivity index (χ0n) is 49.7. The largest absolute Gasteiger partial charge is 0.472 e. The van der Waals surface area contributed by atoms with Crippen LogP contribution in [0.5, 0.6) is 0 Å². The maximum absolute atomic E-state index is 13.0. The summed E-state index contributed by atoms with van der Waals surface area (Å²) in [5, 5.41) is 9.81. The second-order valence-electron chi connectivity index (χ2n) is 21.9. The summed E-state index contributed by atoms with van der Waals surface area (Å²) in [5.41, 5.74) is 0. The Bertz CT molecular complexity index is 1370. The summed E-state index contributed by atoms with van der Waals surface area (Å²) >= 11 is 0. The van der Waals surface area contributed by atoms with E-state index >= 15 is 0 Å². The van der Waals surface area contributed by atoms with Gasteiger partial charge in [-0.2, -0.15) is 0 Å². The van der Waals surface area contributed by atoms with Crippen LogP contribution in [0.25, 0.3) is 0 Å². The number of hydrogen-bond donors (Lipinski definition) is 2. The molecule has 2 N–H and O–H groups in total. The van der Waals surface area contributed by atoms with E-state index in [0.29, 0.717) is 19.3 Å². The Morgan fingerprint density at radius 1 is 0.355 bits per heavy atom. The second-order valence-corrected chi connectivity index (χ2v) is 23.4. The molecule has 0 rings (SSSR count). The van der Waals surface area contributed by atoms with Gasteiger partial charge in [0.1, 0.15) is 12.7 Å². The molecule has 0 aromatic carbocycles. The van der Waals surface area contributed by atoms with Gasteiger partial charge < -0.3 is 24.2 Å². The van der Waals surface area contributed by atoms with Gasteiger partial charge in [-0.05, 0) is 64.2 Å². The fraction of sp³-hybridized carbons (Fsp3) is 0.891.